The number of fused-ring (bicyclic) bond motifs is 1. The molecule has 2 aromatic heterocycles. The molecule has 0 radical (unpaired) electrons. The van der Waals surface area contributed by atoms with Gasteiger partial charge in [0.15, 0.2) is 0 Å². The van der Waals surface area contributed by atoms with Gasteiger partial charge in [-0.05, 0) is 0 Å². The van der Waals surface area contributed by atoms with Crippen LogP contribution >= 0.6 is 11.6 Å². The number of morpholine rings is 1. The molecule has 1 aliphatic heterocycles. The van der Waals surface area contributed by atoms with Crippen LogP contribution in [0.25, 0.3) is 5.52 Å². The first-order valence-corrected chi connectivity index (χ1v) is 6.21. The van der Waals surface area contributed by atoms with Crippen LogP contribution in [0, 0.1) is 0 Å². The number of methoxy groups -OCH3 is 1. The normalized spacial score (nSPS) is 16.2. The topological polar surface area (TPSA) is 39.0 Å². The van der Waals surface area contributed by atoms with Gasteiger partial charge in [-0.3, -0.25) is 0 Å². The van der Waals surface area contributed by atoms with E-state index < -0.39 is 0 Å². The van der Waals surface area contributed by atoms with Gasteiger partial charge in [-0.1, -0.05) is 11.6 Å². The number of aromatic nitrogens is 2. The van der Waals surface area contributed by atoms with E-state index in [1.54, 1.807) is 17.8 Å². The summed E-state index contributed by atoms with van der Waals surface area (Å²) < 4.78 is 12.5. The SMILES string of the molecule is COc1cc(N2CCOCC2)cn2ncc(Cl)c12. The van der Waals surface area contributed by atoms with E-state index in [2.05, 4.69) is 10.00 Å². The fraction of sp³-hybridized carbons (Fsp3) is 0.417. The highest BCUT2D eigenvalue weighted by molar-refractivity contribution is 6.34. The predicted molar refractivity (Wildman–Crippen MR) is 69.8 cm³/mol. The van der Waals surface area contributed by atoms with Gasteiger partial charge in [-0.2, -0.15) is 5.10 Å². The number of hydrogen-bond acceptors (Lipinski definition) is 4. The molecule has 0 atom stereocenters. The maximum absolute atomic E-state index is 6.10. The largest absolute Gasteiger partial charge is 0.494 e. The molecule has 0 bridgehead atoms. The summed E-state index contributed by atoms with van der Waals surface area (Å²) in [5, 5.41) is 4.83. The average molecular weight is 268 g/mol. The highest BCUT2D eigenvalue weighted by Crippen LogP contribution is 2.31. The highest BCUT2D eigenvalue weighted by Gasteiger charge is 2.16. The molecule has 3 heterocycles. The molecule has 3 rings (SSSR count). The van der Waals surface area contributed by atoms with Crippen molar-refractivity contribution in [1.29, 1.82) is 0 Å². The first-order valence-electron chi connectivity index (χ1n) is 5.83. The van der Waals surface area contributed by atoms with Crippen LogP contribution in [0.5, 0.6) is 5.75 Å². The molecule has 2 aromatic rings. The van der Waals surface area contributed by atoms with Crippen LogP contribution in [0.1, 0.15) is 0 Å². The van der Waals surface area contributed by atoms with Crippen molar-refractivity contribution in [3.05, 3.63) is 23.5 Å². The van der Waals surface area contributed by atoms with Crippen molar-refractivity contribution >= 4 is 22.8 Å². The Kier molecular flexibility index (Phi) is 3.01. The lowest BCUT2D eigenvalue weighted by molar-refractivity contribution is 0.122. The van der Waals surface area contributed by atoms with Crippen molar-refractivity contribution in [2.45, 2.75) is 0 Å². The zero-order valence-corrected chi connectivity index (χ0v) is 10.9. The lowest BCUT2D eigenvalue weighted by Gasteiger charge is -2.29. The van der Waals surface area contributed by atoms with E-state index in [1.165, 1.54) is 0 Å². The first kappa shape index (κ1) is 11.6. The number of ether oxygens (including phenoxy) is 2. The molecule has 18 heavy (non-hydrogen) atoms. The Labute approximate surface area is 110 Å². The third-order valence-electron chi connectivity index (χ3n) is 3.11. The van der Waals surface area contributed by atoms with Gasteiger partial charge in [0.05, 0.1) is 43.4 Å². The number of nitrogens with zero attached hydrogens (tertiary/aromatic N) is 3. The van der Waals surface area contributed by atoms with Gasteiger partial charge in [0.1, 0.15) is 11.3 Å². The van der Waals surface area contributed by atoms with E-state index >= 15 is 0 Å². The standard InChI is InChI=1S/C12H14ClN3O2/c1-17-11-6-9(15-2-4-18-5-3-15)8-16-12(11)10(13)7-14-16/h6-8H,2-5H2,1H3. The second kappa shape index (κ2) is 4.66. The number of hydrogen-bond donors (Lipinski definition) is 0. The number of anilines is 1. The molecule has 0 aliphatic carbocycles. The summed E-state index contributed by atoms with van der Waals surface area (Å²) in [5.74, 6) is 0.737. The van der Waals surface area contributed by atoms with Crippen molar-refractivity contribution in [2.75, 3.05) is 38.3 Å². The van der Waals surface area contributed by atoms with Gasteiger partial charge >= 0.3 is 0 Å². The molecule has 0 aromatic carbocycles. The summed E-state index contributed by atoms with van der Waals surface area (Å²) in [6.07, 6.45) is 3.59. The Hall–Kier alpha value is -1.46. The van der Waals surface area contributed by atoms with Crippen molar-refractivity contribution in [2.24, 2.45) is 0 Å². The minimum atomic E-state index is 0.598. The van der Waals surface area contributed by atoms with Gasteiger partial charge in [-0.15, -0.1) is 0 Å². The fourth-order valence-electron chi connectivity index (χ4n) is 2.18. The van der Waals surface area contributed by atoms with Crippen molar-refractivity contribution < 1.29 is 9.47 Å². The third kappa shape index (κ3) is 1.89. The molecule has 0 saturated carbocycles. The smallest absolute Gasteiger partial charge is 0.148 e. The Balaban J connectivity index is 2.07. The fourth-order valence-corrected chi connectivity index (χ4v) is 2.41. The van der Waals surface area contributed by atoms with E-state index in [1.807, 2.05) is 12.3 Å². The lowest BCUT2D eigenvalue weighted by Crippen LogP contribution is -2.36. The molecular formula is C12H14ClN3O2. The predicted octanol–water partition coefficient (Wildman–Crippen LogP) is 1.83. The van der Waals surface area contributed by atoms with Crippen LogP contribution in [0.2, 0.25) is 5.02 Å². The molecular weight excluding hydrogens is 254 g/mol. The van der Waals surface area contributed by atoms with Crippen LogP contribution in [0.4, 0.5) is 5.69 Å². The summed E-state index contributed by atoms with van der Waals surface area (Å²) in [6, 6.07) is 1.99. The molecule has 1 saturated heterocycles. The first-order chi connectivity index (χ1) is 8.79. The highest BCUT2D eigenvalue weighted by atomic mass is 35.5. The summed E-state index contributed by atoms with van der Waals surface area (Å²) >= 11 is 6.10. The quantitative estimate of drug-likeness (QED) is 0.832. The molecule has 6 heteroatoms. The molecule has 0 N–H and O–H groups in total. The number of halogens is 1. The van der Waals surface area contributed by atoms with Crippen LogP contribution in [0.15, 0.2) is 18.5 Å². The summed E-state index contributed by atoms with van der Waals surface area (Å²) in [5.41, 5.74) is 1.87. The van der Waals surface area contributed by atoms with Crippen molar-refractivity contribution in [3.63, 3.8) is 0 Å². The van der Waals surface area contributed by atoms with Gasteiger partial charge in [0, 0.05) is 19.2 Å². The van der Waals surface area contributed by atoms with Gasteiger partial charge in [0.2, 0.25) is 0 Å². The maximum Gasteiger partial charge on any atom is 0.148 e. The van der Waals surface area contributed by atoms with Gasteiger partial charge in [0.25, 0.3) is 0 Å². The van der Waals surface area contributed by atoms with Crippen LogP contribution in [0.3, 0.4) is 0 Å². The third-order valence-corrected chi connectivity index (χ3v) is 3.39. The Morgan fingerprint density at radius 2 is 2.17 bits per heavy atom. The van der Waals surface area contributed by atoms with Crippen LogP contribution in [-0.2, 0) is 4.74 Å². The second-order valence-corrected chi connectivity index (χ2v) is 4.56. The Bertz CT molecular complexity index is 564. The lowest BCUT2D eigenvalue weighted by atomic mass is 10.3. The zero-order valence-electron chi connectivity index (χ0n) is 10.1. The van der Waals surface area contributed by atoms with Crippen LogP contribution < -0.4 is 9.64 Å². The van der Waals surface area contributed by atoms with Gasteiger partial charge < -0.3 is 14.4 Å². The summed E-state index contributed by atoms with van der Waals surface area (Å²) in [6.45, 7) is 3.26. The number of pyridine rings is 1. The average Bonchev–Trinajstić information content (AvgIpc) is 2.81. The molecule has 1 aliphatic rings. The minimum absolute atomic E-state index is 0.598. The molecule has 1 fully saturated rings. The Morgan fingerprint density at radius 1 is 1.39 bits per heavy atom. The van der Waals surface area contributed by atoms with Crippen molar-refractivity contribution in [1.82, 2.24) is 9.61 Å². The van der Waals surface area contributed by atoms with Crippen LogP contribution in [-0.4, -0.2) is 43.0 Å². The number of rotatable bonds is 2. The summed E-state index contributed by atoms with van der Waals surface area (Å²) in [7, 11) is 1.64. The monoisotopic (exact) mass is 267 g/mol. The minimum Gasteiger partial charge on any atom is -0.494 e. The zero-order chi connectivity index (χ0) is 12.5. The van der Waals surface area contributed by atoms with Crippen molar-refractivity contribution in [3.8, 4) is 5.75 Å². The molecule has 0 amide bonds. The van der Waals surface area contributed by atoms with E-state index in [4.69, 9.17) is 21.1 Å². The second-order valence-electron chi connectivity index (χ2n) is 4.15. The molecule has 0 spiro atoms. The van der Waals surface area contributed by atoms with E-state index in [0.29, 0.717) is 5.02 Å². The molecule has 96 valence electrons. The van der Waals surface area contributed by atoms with E-state index in [-0.39, 0.29) is 0 Å². The van der Waals surface area contributed by atoms with E-state index in [0.717, 1.165) is 43.3 Å². The molecule has 5 nitrogen and oxygen atoms in total. The van der Waals surface area contributed by atoms with Gasteiger partial charge in [-0.25, -0.2) is 4.52 Å². The van der Waals surface area contributed by atoms with E-state index in [9.17, 15) is 0 Å². The maximum atomic E-state index is 6.10. The molecule has 0 unspecified atom stereocenters. The summed E-state index contributed by atoms with van der Waals surface area (Å²) in [4.78, 5) is 2.25. The Morgan fingerprint density at radius 3 is 2.89 bits per heavy atom.